The quantitative estimate of drug-likeness (QED) is 0.621. The fourth-order valence-electron chi connectivity index (χ4n) is 3.57. The number of hydrogen-bond acceptors (Lipinski definition) is 3. The van der Waals surface area contributed by atoms with Crippen LogP contribution in [0.2, 0.25) is 0 Å². The van der Waals surface area contributed by atoms with Crippen molar-refractivity contribution >= 4 is 16.8 Å². The number of aromatic amines is 1. The molecular formula is C23H23N3O2. The van der Waals surface area contributed by atoms with Gasteiger partial charge in [0.05, 0.1) is 11.1 Å². The molecule has 0 spiro atoms. The molecule has 5 heteroatoms. The van der Waals surface area contributed by atoms with Crippen molar-refractivity contribution in [3.8, 4) is 17.1 Å². The fraction of sp³-hybridized carbons (Fsp3) is 0.217. The van der Waals surface area contributed by atoms with Crippen LogP contribution in [0.15, 0.2) is 61.2 Å². The molecule has 0 bridgehead atoms. The lowest BCUT2D eigenvalue weighted by Crippen LogP contribution is -2.34. The summed E-state index contributed by atoms with van der Waals surface area (Å²) in [5.41, 5.74) is 5.25. The highest BCUT2D eigenvalue weighted by Gasteiger charge is 2.27. The second-order valence-corrected chi connectivity index (χ2v) is 7.21. The number of para-hydroxylation sites is 1. The molecule has 2 N–H and O–H groups in total. The number of pyridine rings is 1. The van der Waals surface area contributed by atoms with E-state index in [2.05, 4.69) is 23.5 Å². The number of amides is 1. The maximum atomic E-state index is 12.3. The number of allylic oxidation sites excluding steroid dienone is 1. The van der Waals surface area contributed by atoms with Crippen molar-refractivity contribution in [1.82, 2.24) is 15.3 Å². The molecule has 1 amide bonds. The highest BCUT2D eigenvalue weighted by atomic mass is 16.5. The Morgan fingerprint density at radius 1 is 1.32 bits per heavy atom. The predicted molar refractivity (Wildman–Crippen MR) is 112 cm³/mol. The first-order chi connectivity index (χ1) is 13.6. The molecule has 1 aliphatic rings. The van der Waals surface area contributed by atoms with Gasteiger partial charge in [-0.1, -0.05) is 30.9 Å². The summed E-state index contributed by atoms with van der Waals surface area (Å²) in [6, 6.07) is 11.8. The third-order valence-corrected chi connectivity index (χ3v) is 4.91. The minimum atomic E-state index is -0.0449. The van der Waals surface area contributed by atoms with E-state index in [-0.39, 0.29) is 11.8 Å². The van der Waals surface area contributed by atoms with E-state index in [0.717, 1.165) is 39.8 Å². The summed E-state index contributed by atoms with van der Waals surface area (Å²) in [7, 11) is 0. The van der Waals surface area contributed by atoms with Crippen LogP contribution >= 0.6 is 0 Å². The Morgan fingerprint density at radius 2 is 2.18 bits per heavy atom. The zero-order chi connectivity index (χ0) is 19.7. The number of nitrogens with one attached hydrogen (secondary N) is 2. The molecule has 0 saturated heterocycles. The van der Waals surface area contributed by atoms with Crippen LogP contribution < -0.4 is 10.1 Å². The van der Waals surface area contributed by atoms with E-state index in [9.17, 15) is 4.79 Å². The molecule has 1 aromatic carbocycles. The number of carbonyl (C=O) groups excluding carboxylic acids is 1. The Kier molecular flexibility index (Phi) is 4.74. The standard InChI is InChI=1S/C23H23N3O2/c1-4-6-16-12-24-23(27)18-11-19(25-22(16)18)17-8-5-7-15-9-10-20(26-21(15)17)28-13-14(2)3/h4-5,7-11,16,25H,1-2,6,12-13H2,3H3,(H,24,27). The molecule has 28 heavy (non-hydrogen) atoms. The first-order valence-corrected chi connectivity index (χ1v) is 9.36. The summed E-state index contributed by atoms with van der Waals surface area (Å²) >= 11 is 0. The van der Waals surface area contributed by atoms with Gasteiger partial charge in [0.2, 0.25) is 5.88 Å². The minimum Gasteiger partial charge on any atom is -0.473 e. The summed E-state index contributed by atoms with van der Waals surface area (Å²) in [6.45, 7) is 10.7. The lowest BCUT2D eigenvalue weighted by atomic mass is 9.94. The molecule has 5 nitrogen and oxygen atoms in total. The molecular weight excluding hydrogens is 350 g/mol. The highest BCUT2D eigenvalue weighted by molar-refractivity contribution is 6.00. The minimum absolute atomic E-state index is 0.0449. The topological polar surface area (TPSA) is 67.0 Å². The fourth-order valence-corrected chi connectivity index (χ4v) is 3.57. The van der Waals surface area contributed by atoms with E-state index >= 15 is 0 Å². The second kappa shape index (κ2) is 7.35. The lowest BCUT2D eigenvalue weighted by Gasteiger charge is -2.21. The van der Waals surface area contributed by atoms with Gasteiger partial charge in [0.25, 0.3) is 5.91 Å². The lowest BCUT2D eigenvalue weighted by molar-refractivity contribution is 0.0940. The first-order valence-electron chi connectivity index (χ1n) is 9.36. The van der Waals surface area contributed by atoms with Crippen LogP contribution in [0, 0.1) is 0 Å². The zero-order valence-electron chi connectivity index (χ0n) is 15.9. The van der Waals surface area contributed by atoms with E-state index in [1.54, 1.807) is 0 Å². The molecule has 1 unspecified atom stereocenters. The number of ether oxygens (including phenoxy) is 1. The van der Waals surface area contributed by atoms with Crippen molar-refractivity contribution in [3.63, 3.8) is 0 Å². The van der Waals surface area contributed by atoms with Crippen LogP contribution in [0.1, 0.15) is 35.3 Å². The Balaban J connectivity index is 1.79. The monoisotopic (exact) mass is 373 g/mol. The maximum Gasteiger partial charge on any atom is 0.253 e. The van der Waals surface area contributed by atoms with Crippen molar-refractivity contribution in [2.45, 2.75) is 19.3 Å². The number of H-pyrrole nitrogens is 1. The van der Waals surface area contributed by atoms with E-state index in [1.807, 2.05) is 49.4 Å². The summed E-state index contributed by atoms with van der Waals surface area (Å²) in [5.74, 6) is 0.717. The van der Waals surface area contributed by atoms with E-state index < -0.39 is 0 Å². The van der Waals surface area contributed by atoms with Crippen LogP contribution in [-0.4, -0.2) is 29.0 Å². The third-order valence-electron chi connectivity index (χ3n) is 4.91. The maximum absolute atomic E-state index is 12.3. The van der Waals surface area contributed by atoms with Gasteiger partial charge in [0.1, 0.15) is 6.61 Å². The number of fused-ring (bicyclic) bond motifs is 2. The van der Waals surface area contributed by atoms with Gasteiger partial charge in [-0.15, -0.1) is 6.58 Å². The third kappa shape index (κ3) is 3.31. The molecule has 0 saturated carbocycles. The molecule has 2 aromatic heterocycles. The predicted octanol–water partition coefficient (Wildman–Crippen LogP) is 4.59. The van der Waals surface area contributed by atoms with Crippen molar-refractivity contribution in [1.29, 1.82) is 0 Å². The Bertz CT molecular complexity index is 1080. The molecule has 3 heterocycles. The van der Waals surface area contributed by atoms with Crippen molar-refractivity contribution in [2.75, 3.05) is 13.2 Å². The van der Waals surface area contributed by atoms with Gasteiger partial charge in [-0.2, -0.15) is 0 Å². The first kappa shape index (κ1) is 18.0. The normalized spacial score (nSPS) is 15.8. The average Bonchev–Trinajstić information content (AvgIpc) is 3.14. The van der Waals surface area contributed by atoms with Crippen molar-refractivity contribution < 1.29 is 9.53 Å². The van der Waals surface area contributed by atoms with Crippen LogP contribution in [0.5, 0.6) is 5.88 Å². The number of nitrogens with zero attached hydrogens (tertiary/aromatic N) is 1. The smallest absolute Gasteiger partial charge is 0.253 e. The van der Waals surface area contributed by atoms with Gasteiger partial charge in [-0.25, -0.2) is 4.98 Å². The van der Waals surface area contributed by atoms with Gasteiger partial charge >= 0.3 is 0 Å². The molecule has 0 aliphatic carbocycles. The molecule has 0 fully saturated rings. The molecule has 0 radical (unpaired) electrons. The molecule has 142 valence electrons. The SMILES string of the molecule is C=CCC1CNC(=O)c2cc(-c3cccc4ccc(OCC(=C)C)nc34)[nH]c21. The van der Waals surface area contributed by atoms with E-state index in [4.69, 9.17) is 9.72 Å². The number of carbonyl (C=O) groups is 1. The van der Waals surface area contributed by atoms with E-state index in [0.29, 0.717) is 24.6 Å². The van der Waals surface area contributed by atoms with Gasteiger partial charge in [0, 0.05) is 40.9 Å². The number of hydrogen-bond donors (Lipinski definition) is 2. The molecule has 4 rings (SSSR count). The molecule has 1 atom stereocenters. The van der Waals surface area contributed by atoms with Crippen molar-refractivity contribution in [3.05, 3.63) is 72.5 Å². The summed E-state index contributed by atoms with van der Waals surface area (Å²) < 4.78 is 5.72. The average molecular weight is 373 g/mol. The van der Waals surface area contributed by atoms with Crippen molar-refractivity contribution in [2.24, 2.45) is 0 Å². The van der Waals surface area contributed by atoms with Gasteiger partial charge in [-0.3, -0.25) is 4.79 Å². The van der Waals surface area contributed by atoms with Gasteiger partial charge in [-0.05, 0) is 31.1 Å². The van der Waals surface area contributed by atoms with Crippen LogP contribution in [-0.2, 0) is 0 Å². The van der Waals surface area contributed by atoms with Gasteiger partial charge < -0.3 is 15.0 Å². The van der Waals surface area contributed by atoms with Crippen LogP contribution in [0.25, 0.3) is 22.2 Å². The number of rotatable bonds is 6. The van der Waals surface area contributed by atoms with E-state index in [1.165, 1.54) is 0 Å². The summed E-state index contributed by atoms with van der Waals surface area (Å²) in [5, 5.41) is 3.97. The number of aromatic nitrogens is 2. The summed E-state index contributed by atoms with van der Waals surface area (Å²) in [6.07, 6.45) is 2.69. The van der Waals surface area contributed by atoms with Gasteiger partial charge in [0.15, 0.2) is 0 Å². The zero-order valence-corrected chi connectivity index (χ0v) is 15.9. The number of benzene rings is 1. The van der Waals surface area contributed by atoms with Crippen LogP contribution in [0.4, 0.5) is 0 Å². The Morgan fingerprint density at radius 3 is 2.96 bits per heavy atom. The Hall–Kier alpha value is -3.34. The Labute approximate surface area is 164 Å². The van der Waals surface area contributed by atoms with Crippen LogP contribution in [0.3, 0.4) is 0 Å². The highest BCUT2D eigenvalue weighted by Crippen LogP contribution is 2.34. The second-order valence-electron chi connectivity index (χ2n) is 7.21. The molecule has 3 aromatic rings. The summed E-state index contributed by atoms with van der Waals surface area (Å²) in [4.78, 5) is 20.5. The largest absolute Gasteiger partial charge is 0.473 e. The molecule has 1 aliphatic heterocycles.